The van der Waals surface area contributed by atoms with E-state index in [2.05, 4.69) is 39.8 Å². The zero-order valence-electron chi connectivity index (χ0n) is 29.5. The summed E-state index contributed by atoms with van der Waals surface area (Å²) in [6, 6.07) is 17.6. The second-order valence-electron chi connectivity index (χ2n) is 14.4. The molecule has 6 rings (SSSR count). The highest BCUT2D eigenvalue weighted by Crippen LogP contribution is 2.36. The van der Waals surface area contributed by atoms with Gasteiger partial charge >= 0.3 is 12.3 Å². The number of nitrogens with zero attached hydrogens (tertiary/aromatic N) is 5. The van der Waals surface area contributed by atoms with Crippen LogP contribution in [0.1, 0.15) is 18.4 Å². The number of morpholine rings is 1. The van der Waals surface area contributed by atoms with Crippen molar-refractivity contribution in [3.63, 3.8) is 0 Å². The number of carbonyl (C=O) groups is 1. The van der Waals surface area contributed by atoms with Gasteiger partial charge in [0.05, 0.1) is 24.3 Å². The molecule has 2 saturated heterocycles. The van der Waals surface area contributed by atoms with Gasteiger partial charge in [-0.05, 0) is 54.1 Å². The number of benzene rings is 2. The highest BCUT2D eigenvalue weighted by atomic mass is 28.3. The fourth-order valence-electron chi connectivity index (χ4n) is 6.59. The number of halogens is 3. The summed E-state index contributed by atoms with van der Waals surface area (Å²) in [7, 11) is -1.30. The van der Waals surface area contributed by atoms with Gasteiger partial charge in [0, 0.05) is 46.5 Å². The van der Waals surface area contributed by atoms with Crippen LogP contribution in [-0.4, -0.2) is 91.8 Å². The van der Waals surface area contributed by atoms with Crippen molar-refractivity contribution in [1.82, 2.24) is 19.4 Å². The molecule has 1 atom stereocenters. The molecular weight excluding hydrogens is 678 g/mol. The number of anilines is 2. The van der Waals surface area contributed by atoms with Crippen molar-refractivity contribution in [3.8, 4) is 11.3 Å². The maximum Gasteiger partial charge on any atom is 0.410 e. The zero-order chi connectivity index (χ0) is 36.0. The van der Waals surface area contributed by atoms with Gasteiger partial charge in [-0.25, -0.2) is 14.8 Å². The molecule has 0 unspecified atom stereocenters. The third-order valence-electron chi connectivity index (χ3n) is 9.53. The Hall–Kier alpha value is -4.14. The predicted molar refractivity (Wildman–Crippen MR) is 194 cm³/mol. The molecule has 51 heavy (non-hydrogen) atoms. The Kier molecular flexibility index (Phi) is 11.5. The van der Waals surface area contributed by atoms with E-state index < -0.39 is 32.3 Å². The molecule has 4 aromatic rings. The Labute approximate surface area is 297 Å². The fourth-order valence-corrected chi connectivity index (χ4v) is 7.35. The van der Waals surface area contributed by atoms with E-state index in [1.54, 1.807) is 18.5 Å². The van der Waals surface area contributed by atoms with Crippen LogP contribution in [-0.2, 0) is 27.5 Å². The van der Waals surface area contributed by atoms with Gasteiger partial charge in [-0.2, -0.15) is 13.2 Å². The predicted octanol–water partition coefficient (Wildman–Crippen LogP) is 7.64. The standard InChI is InChI=1S/C37H47F3N6O4Si/c1-51(2,3)22-21-49-26-46-32(23-31-34(41-25-42-35(31)46)44-17-19-48-20-18-44)28-9-11-30(12-10-28)43-33(37(38,39)40)29-13-15-45(16-14-29)36(47)50-24-27-7-5-4-6-8-27/h4-12,23,25,29,33,43H,13-22,24,26H2,1-3H3/t33-/m1/s1. The molecule has 0 aliphatic carbocycles. The molecule has 2 aromatic heterocycles. The molecular formula is C37H47F3N6O4Si. The molecule has 0 spiro atoms. The second-order valence-corrected chi connectivity index (χ2v) is 20.1. The molecule has 2 aliphatic heterocycles. The van der Waals surface area contributed by atoms with Crippen LogP contribution in [0.5, 0.6) is 0 Å². The average molecular weight is 725 g/mol. The molecule has 1 N–H and O–H groups in total. The third-order valence-corrected chi connectivity index (χ3v) is 11.2. The number of ether oxygens (including phenoxy) is 3. The molecule has 10 nitrogen and oxygen atoms in total. The summed E-state index contributed by atoms with van der Waals surface area (Å²) in [5.41, 5.74) is 3.63. The van der Waals surface area contributed by atoms with Crippen LogP contribution in [0.2, 0.25) is 25.7 Å². The first kappa shape index (κ1) is 36.6. The molecule has 2 aliphatic rings. The van der Waals surface area contributed by atoms with Gasteiger partial charge in [-0.15, -0.1) is 0 Å². The fraction of sp³-hybridized carbons (Fsp3) is 0.486. The van der Waals surface area contributed by atoms with Crippen molar-refractivity contribution < 1.29 is 32.2 Å². The zero-order valence-corrected chi connectivity index (χ0v) is 30.5. The molecule has 1 amide bonds. The third kappa shape index (κ3) is 9.40. The summed E-state index contributed by atoms with van der Waals surface area (Å²) < 4.78 is 62.6. The Bertz CT molecular complexity index is 1740. The summed E-state index contributed by atoms with van der Waals surface area (Å²) in [5.74, 6) is 0.128. The number of piperidine rings is 1. The lowest BCUT2D eigenvalue weighted by atomic mass is 9.88. The number of amides is 1. The van der Waals surface area contributed by atoms with Gasteiger partial charge in [0.25, 0.3) is 0 Å². The number of aromatic nitrogens is 3. The quantitative estimate of drug-likeness (QED) is 0.118. The van der Waals surface area contributed by atoms with Crippen molar-refractivity contribution in [2.45, 2.75) is 64.1 Å². The van der Waals surface area contributed by atoms with Crippen molar-refractivity contribution in [2.75, 3.05) is 56.2 Å². The number of rotatable bonds is 12. The minimum absolute atomic E-state index is 0.122. The molecule has 274 valence electrons. The average Bonchev–Trinajstić information content (AvgIpc) is 3.50. The number of likely N-dealkylation sites (tertiary alicyclic amines) is 1. The summed E-state index contributed by atoms with van der Waals surface area (Å²) in [6.07, 6.45) is -3.00. The molecule has 14 heteroatoms. The van der Waals surface area contributed by atoms with Crippen LogP contribution in [0.25, 0.3) is 22.3 Å². The summed E-state index contributed by atoms with van der Waals surface area (Å²) in [6.45, 7) is 11.0. The Morgan fingerprint density at radius 1 is 1.00 bits per heavy atom. The largest absolute Gasteiger partial charge is 0.445 e. The minimum Gasteiger partial charge on any atom is -0.445 e. The first-order chi connectivity index (χ1) is 24.5. The topological polar surface area (TPSA) is 94.0 Å². The van der Waals surface area contributed by atoms with Gasteiger partial charge in [-0.3, -0.25) is 0 Å². The van der Waals surface area contributed by atoms with E-state index in [1.807, 2.05) is 53.1 Å². The van der Waals surface area contributed by atoms with E-state index in [9.17, 15) is 18.0 Å². The summed E-state index contributed by atoms with van der Waals surface area (Å²) in [5, 5.41) is 3.67. The second kappa shape index (κ2) is 16.0. The first-order valence-electron chi connectivity index (χ1n) is 17.6. The van der Waals surface area contributed by atoms with Crippen molar-refractivity contribution >= 4 is 36.7 Å². The maximum atomic E-state index is 14.5. The van der Waals surface area contributed by atoms with Crippen molar-refractivity contribution in [2.24, 2.45) is 5.92 Å². The SMILES string of the molecule is C[Si](C)(C)CCOCn1c(-c2ccc(N[C@H](C3CCN(C(=O)OCc4ccccc4)CC3)C(F)(F)F)cc2)cc2c(N3CCOCC3)ncnc21. The normalized spacial score (nSPS) is 16.7. The summed E-state index contributed by atoms with van der Waals surface area (Å²) in [4.78, 5) is 25.6. The molecule has 2 aromatic carbocycles. The number of hydrogen-bond acceptors (Lipinski definition) is 8. The monoisotopic (exact) mass is 724 g/mol. The van der Waals surface area contributed by atoms with E-state index in [1.165, 1.54) is 4.90 Å². The van der Waals surface area contributed by atoms with Crippen LogP contribution >= 0.6 is 0 Å². The van der Waals surface area contributed by atoms with Crippen LogP contribution in [0.3, 0.4) is 0 Å². The van der Waals surface area contributed by atoms with Crippen molar-refractivity contribution in [3.05, 3.63) is 72.6 Å². The Morgan fingerprint density at radius 2 is 1.71 bits per heavy atom. The van der Waals surface area contributed by atoms with Gasteiger partial charge in [0.2, 0.25) is 0 Å². The van der Waals surface area contributed by atoms with E-state index in [4.69, 9.17) is 14.2 Å². The van der Waals surface area contributed by atoms with E-state index in [0.29, 0.717) is 25.5 Å². The number of carbonyl (C=O) groups excluding carboxylic acids is 1. The van der Waals surface area contributed by atoms with Gasteiger partial charge < -0.3 is 33.9 Å². The van der Waals surface area contributed by atoms with Crippen molar-refractivity contribution in [1.29, 1.82) is 0 Å². The molecule has 2 fully saturated rings. The number of alkyl halides is 3. The van der Waals surface area contributed by atoms with E-state index >= 15 is 0 Å². The molecule has 4 heterocycles. The van der Waals surface area contributed by atoms with Crippen LogP contribution in [0.4, 0.5) is 29.5 Å². The highest BCUT2D eigenvalue weighted by Gasteiger charge is 2.46. The summed E-state index contributed by atoms with van der Waals surface area (Å²) >= 11 is 0. The van der Waals surface area contributed by atoms with Crippen LogP contribution < -0.4 is 10.2 Å². The highest BCUT2D eigenvalue weighted by molar-refractivity contribution is 6.76. The van der Waals surface area contributed by atoms with Crippen LogP contribution in [0.15, 0.2) is 67.0 Å². The van der Waals surface area contributed by atoms with Gasteiger partial charge in [-0.1, -0.05) is 62.1 Å². The van der Waals surface area contributed by atoms with E-state index in [-0.39, 0.29) is 39.3 Å². The smallest absolute Gasteiger partial charge is 0.410 e. The number of nitrogens with one attached hydrogen (secondary N) is 1. The Balaban J connectivity index is 1.16. The van der Waals surface area contributed by atoms with E-state index in [0.717, 1.165) is 52.8 Å². The van der Waals surface area contributed by atoms with Gasteiger partial charge in [0.15, 0.2) is 0 Å². The lowest BCUT2D eigenvalue weighted by Gasteiger charge is -2.37. The first-order valence-corrected chi connectivity index (χ1v) is 21.3. The number of fused-ring (bicyclic) bond motifs is 1. The molecule has 0 saturated carbocycles. The Morgan fingerprint density at radius 3 is 2.37 bits per heavy atom. The maximum absolute atomic E-state index is 14.5. The lowest BCUT2D eigenvalue weighted by Crippen LogP contribution is -2.48. The minimum atomic E-state index is -4.48. The molecule has 0 radical (unpaired) electrons. The molecule has 0 bridgehead atoms. The van der Waals surface area contributed by atoms with Crippen LogP contribution in [0, 0.1) is 5.92 Å². The van der Waals surface area contributed by atoms with Gasteiger partial charge in [0.1, 0.15) is 37.2 Å². The lowest BCUT2D eigenvalue weighted by molar-refractivity contribution is -0.156. The number of hydrogen-bond donors (Lipinski definition) is 1.